The maximum atomic E-state index is 10.3. The van der Waals surface area contributed by atoms with Crippen molar-refractivity contribution in [2.24, 2.45) is 0 Å². The molecule has 1 aromatic rings. The van der Waals surface area contributed by atoms with Gasteiger partial charge in [-0.2, -0.15) is 0 Å². The highest BCUT2D eigenvalue weighted by atomic mass is 16.5. The van der Waals surface area contributed by atoms with E-state index in [2.05, 4.69) is 44.9 Å². The van der Waals surface area contributed by atoms with E-state index in [0.717, 1.165) is 5.75 Å². The summed E-state index contributed by atoms with van der Waals surface area (Å²) >= 11 is 0. The Morgan fingerprint density at radius 2 is 1.91 bits per heavy atom. The molecule has 0 heterocycles. The molecule has 3 nitrogen and oxygen atoms in total. The Balaban J connectivity index is 1.79. The third kappa shape index (κ3) is 5.50. The monoisotopic (exact) mass is 319 g/mol. The Labute approximate surface area is 141 Å². The molecular formula is C20H33NO2. The van der Waals surface area contributed by atoms with E-state index in [-0.39, 0.29) is 0 Å². The van der Waals surface area contributed by atoms with Crippen LogP contribution in [-0.4, -0.2) is 42.4 Å². The molecule has 1 saturated carbocycles. The normalized spacial score (nSPS) is 17.7. The molecule has 1 atom stereocenters. The van der Waals surface area contributed by atoms with E-state index in [4.69, 9.17) is 4.74 Å². The molecule has 0 spiro atoms. The smallest absolute Gasteiger partial charge is 0.119 e. The average molecular weight is 319 g/mol. The van der Waals surface area contributed by atoms with Crippen LogP contribution in [0.15, 0.2) is 18.2 Å². The third-order valence-corrected chi connectivity index (χ3v) is 5.00. The van der Waals surface area contributed by atoms with E-state index in [1.807, 2.05) is 6.07 Å². The van der Waals surface area contributed by atoms with Crippen molar-refractivity contribution in [3.05, 3.63) is 29.3 Å². The van der Waals surface area contributed by atoms with Gasteiger partial charge in [0.2, 0.25) is 0 Å². The summed E-state index contributed by atoms with van der Waals surface area (Å²) < 4.78 is 5.79. The maximum Gasteiger partial charge on any atom is 0.119 e. The molecule has 0 aliphatic heterocycles. The number of hydrogen-bond donors (Lipinski definition) is 1. The zero-order chi connectivity index (χ0) is 16.8. The molecule has 0 saturated heterocycles. The van der Waals surface area contributed by atoms with Crippen LogP contribution in [0.1, 0.15) is 63.0 Å². The van der Waals surface area contributed by atoms with Crippen LogP contribution in [0.3, 0.4) is 0 Å². The predicted molar refractivity (Wildman–Crippen MR) is 96.3 cm³/mol. The van der Waals surface area contributed by atoms with Gasteiger partial charge < -0.3 is 14.7 Å². The van der Waals surface area contributed by atoms with E-state index in [1.54, 1.807) is 0 Å². The second-order valence-electron chi connectivity index (χ2n) is 7.37. The van der Waals surface area contributed by atoms with Gasteiger partial charge in [0.15, 0.2) is 0 Å². The van der Waals surface area contributed by atoms with E-state index in [1.165, 1.54) is 43.2 Å². The van der Waals surface area contributed by atoms with Gasteiger partial charge in [-0.1, -0.05) is 39.2 Å². The van der Waals surface area contributed by atoms with Crippen molar-refractivity contribution in [2.45, 2.75) is 70.9 Å². The first-order chi connectivity index (χ1) is 11.0. The fourth-order valence-corrected chi connectivity index (χ4v) is 3.63. The largest absolute Gasteiger partial charge is 0.491 e. The van der Waals surface area contributed by atoms with Crippen molar-refractivity contribution in [3.8, 4) is 5.75 Å². The first-order valence-corrected chi connectivity index (χ1v) is 9.09. The Hall–Kier alpha value is -1.06. The van der Waals surface area contributed by atoms with Gasteiger partial charge in [-0.05, 0) is 56.0 Å². The first-order valence-electron chi connectivity index (χ1n) is 9.09. The summed E-state index contributed by atoms with van der Waals surface area (Å²) in [7, 11) is 2.13. The van der Waals surface area contributed by atoms with Crippen LogP contribution in [0.2, 0.25) is 0 Å². The van der Waals surface area contributed by atoms with E-state index in [9.17, 15) is 5.11 Å². The van der Waals surface area contributed by atoms with Crippen molar-refractivity contribution in [3.63, 3.8) is 0 Å². The molecule has 130 valence electrons. The van der Waals surface area contributed by atoms with Gasteiger partial charge in [-0.25, -0.2) is 0 Å². The molecule has 3 heteroatoms. The molecule has 23 heavy (non-hydrogen) atoms. The second-order valence-corrected chi connectivity index (χ2v) is 7.37. The highest BCUT2D eigenvalue weighted by Crippen LogP contribution is 2.24. The highest BCUT2D eigenvalue weighted by molar-refractivity contribution is 5.36. The van der Waals surface area contributed by atoms with Crippen LogP contribution in [0.5, 0.6) is 5.75 Å². The van der Waals surface area contributed by atoms with E-state index >= 15 is 0 Å². The summed E-state index contributed by atoms with van der Waals surface area (Å²) in [4.78, 5) is 2.31. The molecule has 1 aliphatic rings. The maximum absolute atomic E-state index is 10.3. The van der Waals surface area contributed by atoms with E-state index in [0.29, 0.717) is 25.1 Å². The summed E-state index contributed by atoms with van der Waals surface area (Å²) in [6.07, 6.45) is 6.10. The van der Waals surface area contributed by atoms with Gasteiger partial charge in [0.25, 0.3) is 0 Å². The van der Waals surface area contributed by atoms with Crippen molar-refractivity contribution in [1.82, 2.24) is 4.90 Å². The van der Waals surface area contributed by atoms with E-state index < -0.39 is 6.10 Å². The zero-order valence-electron chi connectivity index (χ0n) is 15.2. The molecule has 0 unspecified atom stereocenters. The fourth-order valence-electron chi connectivity index (χ4n) is 3.63. The van der Waals surface area contributed by atoms with Gasteiger partial charge in [0.1, 0.15) is 18.5 Å². The number of aliphatic hydroxyl groups is 1. The molecule has 0 radical (unpaired) electrons. The third-order valence-electron chi connectivity index (χ3n) is 5.00. The molecular weight excluding hydrogens is 286 g/mol. The van der Waals surface area contributed by atoms with Crippen molar-refractivity contribution >= 4 is 0 Å². The van der Waals surface area contributed by atoms with Gasteiger partial charge in [-0.15, -0.1) is 0 Å². The Bertz CT molecular complexity index is 481. The number of ether oxygens (including phenoxy) is 1. The van der Waals surface area contributed by atoms with Crippen molar-refractivity contribution in [1.29, 1.82) is 0 Å². The van der Waals surface area contributed by atoms with Gasteiger partial charge in [0.05, 0.1) is 0 Å². The average Bonchev–Trinajstić information content (AvgIpc) is 2.53. The minimum absolute atomic E-state index is 0.359. The molecule has 2 rings (SSSR count). The van der Waals surface area contributed by atoms with Crippen LogP contribution in [0.4, 0.5) is 0 Å². The topological polar surface area (TPSA) is 32.7 Å². The lowest BCUT2D eigenvalue weighted by Gasteiger charge is -2.32. The number of likely N-dealkylation sites (N-methyl/N-ethyl adjacent to an activating group) is 1. The van der Waals surface area contributed by atoms with Crippen LogP contribution in [-0.2, 0) is 0 Å². The van der Waals surface area contributed by atoms with Crippen LogP contribution < -0.4 is 4.74 Å². The summed E-state index contributed by atoms with van der Waals surface area (Å²) in [5.74, 6) is 1.38. The molecule has 0 bridgehead atoms. The summed E-state index contributed by atoms with van der Waals surface area (Å²) in [5, 5.41) is 10.3. The minimum Gasteiger partial charge on any atom is -0.491 e. The Morgan fingerprint density at radius 1 is 1.22 bits per heavy atom. The lowest BCUT2D eigenvalue weighted by Crippen LogP contribution is -2.40. The Morgan fingerprint density at radius 3 is 2.52 bits per heavy atom. The lowest BCUT2D eigenvalue weighted by molar-refractivity contribution is 0.0561. The molecule has 1 N–H and O–H groups in total. The molecule has 1 aliphatic carbocycles. The molecule has 0 aromatic heterocycles. The predicted octanol–water partition coefficient (Wildman–Crippen LogP) is 4.12. The van der Waals surface area contributed by atoms with Gasteiger partial charge in [-0.3, -0.25) is 0 Å². The van der Waals surface area contributed by atoms with Crippen LogP contribution in [0, 0.1) is 6.92 Å². The minimum atomic E-state index is -0.438. The number of aliphatic hydroxyl groups excluding tert-OH is 1. The van der Waals surface area contributed by atoms with Gasteiger partial charge in [0, 0.05) is 12.6 Å². The fraction of sp³-hybridized carbons (Fsp3) is 0.700. The number of nitrogens with zero attached hydrogens (tertiary/aromatic N) is 1. The Kier molecular flexibility index (Phi) is 6.91. The van der Waals surface area contributed by atoms with Crippen LogP contribution >= 0.6 is 0 Å². The molecule has 1 aromatic carbocycles. The first kappa shape index (κ1) is 18.3. The summed E-state index contributed by atoms with van der Waals surface area (Å²) in [5.41, 5.74) is 2.61. The number of benzene rings is 1. The quantitative estimate of drug-likeness (QED) is 0.820. The SMILES string of the molecule is Cc1cc(OC[C@@H](O)CN(C)C2CCCCC2)ccc1C(C)C. The lowest BCUT2D eigenvalue weighted by atomic mass is 9.94. The van der Waals surface area contributed by atoms with Crippen molar-refractivity contribution in [2.75, 3.05) is 20.2 Å². The van der Waals surface area contributed by atoms with Crippen LogP contribution in [0.25, 0.3) is 0 Å². The van der Waals surface area contributed by atoms with Crippen molar-refractivity contribution < 1.29 is 9.84 Å². The standard InChI is InChI=1S/C20H33NO2/c1-15(2)20-11-10-19(12-16(20)3)23-14-18(22)13-21(4)17-8-6-5-7-9-17/h10-12,15,17-18,22H,5-9,13-14H2,1-4H3/t18-/m0/s1. The number of rotatable bonds is 7. The summed E-state index contributed by atoms with van der Waals surface area (Å²) in [6.45, 7) is 7.57. The number of aryl methyl sites for hydroxylation is 1. The highest BCUT2D eigenvalue weighted by Gasteiger charge is 2.20. The zero-order valence-corrected chi connectivity index (χ0v) is 15.2. The molecule has 1 fully saturated rings. The second kappa shape index (κ2) is 8.70. The van der Waals surface area contributed by atoms with Gasteiger partial charge >= 0.3 is 0 Å². The number of hydrogen-bond acceptors (Lipinski definition) is 3. The molecule has 0 amide bonds. The summed E-state index contributed by atoms with van der Waals surface area (Å²) in [6, 6.07) is 6.86.